The minimum Gasteiger partial charge on any atom is -0.486 e. The average molecular weight is 263 g/mol. The molecule has 1 aromatic carbocycles. The van der Waals surface area contributed by atoms with Crippen LogP contribution < -0.4 is 10.5 Å². The Morgan fingerprint density at radius 2 is 1.94 bits per heavy atom. The maximum atomic E-state index is 13.5. The van der Waals surface area contributed by atoms with Gasteiger partial charge < -0.3 is 10.5 Å². The Morgan fingerprint density at radius 1 is 1.22 bits per heavy atom. The van der Waals surface area contributed by atoms with Crippen LogP contribution in [0.1, 0.15) is 24.8 Å². The molecule has 100 valence electrons. The summed E-state index contributed by atoms with van der Waals surface area (Å²) in [6.07, 6.45) is -2.51. The first-order valence-electron chi connectivity index (χ1n) is 5.67. The zero-order valence-electron chi connectivity index (χ0n) is 9.51. The Bertz CT molecular complexity index is 433. The Hall–Kier alpha value is -1.30. The summed E-state index contributed by atoms with van der Waals surface area (Å²) >= 11 is 0. The lowest BCUT2D eigenvalue weighted by molar-refractivity contribution is -0.137. The molecule has 18 heavy (non-hydrogen) atoms. The van der Waals surface area contributed by atoms with Gasteiger partial charge in [0.1, 0.15) is 6.10 Å². The van der Waals surface area contributed by atoms with Crippen molar-refractivity contribution in [3.8, 4) is 5.75 Å². The van der Waals surface area contributed by atoms with E-state index in [0.717, 1.165) is 25.0 Å². The topological polar surface area (TPSA) is 35.2 Å². The first-order chi connectivity index (χ1) is 8.38. The molecule has 0 amide bonds. The first-order valence-corrected chi connectivity index (χ1v) is 5.67. The predicted molar refractivity (Wildman–Crippen MR) is 57.6 cm³/mol. The van der Waals surface area contributed by atoms with Gasteiger partial charge >= 0.3 is 6.18 Å². The second kappa shape index (κ2) is 4.76. The third-order valence-electron chi connectivity index (χ3n) is 3.04. The third-order valence-corrected chi connectivity index (χ3v) is 3.04. The minimum atomic E-state index is -4.55. The summed E-state index contributed by atoms with van der Waals surface area (Å²) in [6, 6.07) is 2.06. The molecule has 0 aliphatic heterocycles. The Balaban J connectivity index is 2.15. The Kier molecular flexibility index (Phi) is 3.47. The highest BCUT2D eigenvalue weighted by atomic mass is 19.4. The van der Waals surface area contributed by atoms with Gasteiger partial charge in [0, 0.05) is 6.04 Å². The minimum absolute atomic E-state index is 0.176. The van der Waals surface area contributed by atoms with E-state index in [9.17, 15) is 17.6 Å². The molecule has 0 bridgehead atoms. The highest BCUT2D eigenvalue weighted by molar-refractivity contribution is 5.31. The van der Waals surface area contributed by atoms with Gasteiger partial charge in [-0.3, -0.25) is 0 Å². The van der Waals surface area contributed by atoms with Crippen molar-refractivity contribution < 1.29 is 22.3 Å². The van der Waals surface area contributed by atoms with Crippen molar-refractivity contribution >= 4 is 0 Å². The highest BCUT2D eigenvalue weighted by Crippen LogP contribution is 2.33. The van der Waals surface area contributed by atoms with Gasteiger partial charge in [0.05, 0.1) is 5.56 Å². The third kappa shape index (κ3) is 2.75. The van der Waals surface area contributed by atoms with Crippen molar-refractivity contribution in [2.24, 2.45) is 5.73 Å². The molecule has 0 saturated heterocycles. The maximum absolute atomic E-state index is 13.5. The van der Waals surface area contributed by atoms with E-state index in [1.54, 1.807) is 0 Å². The molecule has 1 aliphatic carbocycles. The summed E-state index contributed by atoms with van der Waals surface area (Å²) in [7, 11) is 0. The summed E-state index contributed by atoms with van der Waals surface area (Å²) in [5.74, 6) is -1.19. The van der Waals surface area contributed by atoms with E-state index in [-0.39, 0.29) is 17.9 Å². The van der Waals surface area contributed by atoms with Gasteiger partial charge in [-0.05, 0) is 37.5 Å². The van der Waals surface area contributed by atoms with Crippen LogP contribution in [0.3, 0.4) is 0 Å². The number of benzene rings is 1. The Labute approximate surface area is 102 Å². The van der Waals surface area contributed by atoms with Gasteiger partial charge in [-0.15, -0.1) is 0 Å². The fourth-order valence-electron chi connectivity index (χ4n) is 2.04. The molecule has 1 aliphatic rings. The molecule has 1 saturated carbocycles. The SMILES string of the molecule is NC1CCCC1Oc1ccc(C(F)(F)F)cc1F. The molecule has 1 fully saturated rings. The number of ether oxygens (including phenoxy) is 1. The zero-order chi connectivity index (χ0) is 13.3. The molecular weight excluding hydrogens is 250 g/mol. The van der Waals surface area contributed by atoms with E-state index in [2.05, 4.69) is 0 Å². The van der Waals surface area contributed by atoms with Crippen molar-refractivity contribution in [2.45, 2.75) is 37.6 Å². The van der Waals surface area contributed by atoms with Crippen LogP contribution >= 0.6 is 0 Å². The normalized spacial score (nSPS) is 24.3. The number of nitrogens with two attached hydrogens (primary N) is 1. The molecule has 2 N–H and O–H groups in total. The van der Waals surface area contributed by atoms with Gasteiger partial charge in [-0.1, -0.05) is 0 Å². The molecular formula is C12H13F4NO. The van der Waals surface area contributed by atoms with Crippen LogP contribution in [-0.4, -0.2) is 12.1 Å². The number of alkyl halides is 3. The number of hydrogen-bond acceptors (Lipinski definition) is 2. The van der Waals surface area contributed by atoms with E-state index in [4.69, 9.17) is 10.5 Å². The fraction of sp³-hybridized carbons (Fsp3) is 0.500. The quantitative estimate of drug-likeness (QED) is 0.832. The summed E-state index contributed by atoms with van der Waals surface area (Å²) in [5, 5.41) is 0. The molecule has 0 spiro atoms. The molecule has 0 aromatic heterocycles. The first kappa shape index (κ1) is 13.1. The molecule has 2 atom stereocenters. The zero-order valence-corrected chi connectivity index (χ0v) is 9.51. The van der Waals surface area contributed by atoms with Crippen LogP contribution in [-0.2, 0) is 6.18 Å². The van der Waals surface area contributed by atoms with E-state index >= 15 is 0 Å². The average Bonchev–Trinajstić information content (AvgIpc) is 2.66. The van der Waals surface area contributed by atoms with Crippen LogP contribution in [0.4, 0.5) is 17.6 Å². The molecule has 2 nitrogen and oxygen atoms in total. The number of hydrogen-bond donors (Lipinski definition) is 1. The molecule has 2 rings (SSSR count). The molecule has 0 heterocycles. The molecule has 1 aromatic rings. The monoisotopic (exact) mass is 263 g/mol. The molecule has 6 heteroatoms. The van der Waals surface area contributed by atoms with Gasteiger partial charge in [-0.2, -0.15) is 13.2 Å². The number of rotatable bonds is 2. The van der Waals surface area contributed by atoms with Crippen LogP contribution in [0.25, 0.3) is 0 Å². The van der Waals surface area contributed by atoms with E-state index < -0.39 is 17.6 Å². The van der Waals surface area contributed by atoms with E-state index in [1.165, 1.54) is 0 Å². The van der Waals surface area contributed by atoms with Crippen molar-refractivity contribution in [1.29, 1.82) is 0 Å². The smallest absolute Gasteiger partial charge is 0.416 e. The van der Waals surface area contributed by atoms with E-state index in [1.807, 2.05) is 0 Å². The molecule has 0 radical (unpaired) electrons. The van der Waals surface area contributed by atoms with Crippen molar-refractivity contribution in [2.75, 3.05) is 0 Å². The standard InChI is InChI=1S/C12H13F4NO/c13-8-6-7(12(14,15)16)4-5-10(8)18-11-3-1-2-9(11)17/h4-6,9,11H,1-3,17H2. The largest absolute Gasteiger partial charge is 0.486 e. The summed E-state index contributed by atoms with van der Waals surface area (Å²) < 4.78 is 55.8. The predicted octanol–water partition coefficient (Wildman–Crippen LogP) is 3.10. The van der Waals surface area contributed by atoms with Gasteiger partial charge in [0.15, 0.2) is 11.6 Å². The van der Waals surface area contributed by atoms with Crippen LogP contribution in [0.2, 0.25) is 0 Å². The van der Waals surface area contributed by atoms with Crippen LogP contribution in [0.15, 0.2) is 18.2 Å². The summed E-state index contributed by atoms with van der Waals surface area (Å²) in [5.41, 5.74) is 4.72. The Morgan fingerprint density at radius 3 is 2.44 bits per heavy atom. The van der Waals surface area contributed by atoms with Gasteiger partial charge in [-0.25, -0.2) is 4.39 Å². The van der Waals surface area contributed by atoms with Crippen LogP contribution in [0.5, 0.6) is 5.75 Å². The summed E-state index contributed by atoms with van der Waals surface area (Å²) in [4.78, 5) is 0. The lowest BCUT2D eigenvalue weighted by Crippen LogP contribution is -2.33. The maximum Gasteiger partial charge on any atom is 0.416 e. The second-order valence-electron chi connectivity index (χ2n) is 4.39. The van der Waals surface area contributed by atoms with Gasteiger partial charge in [0.25, 0.3) is 0 Å². The van der Waals surface area contributed by atoms with Crippen molar-refractivity contribution in [3.05, 3.63) is 29.6 Å². The van der Waals surface area contributed by atoms with Crippen molar-refractivity contribution in [1.82, 2.24) is 0 Å². The van der Waals surface area contributed by atoms with Gasteiger partial charge in [0.2, 0.25) is 0 Å². The van der Waals surface area contributed by atoms with Crippen molar-refractivity contribution in [3.63, 3.8) is 0 Å². The summed E-state index contributed by atoms with van der Waals surface area (Å²) in [6.45, 7) is 0. The number of halogens is 4. The van der Waals surface area contributed by atoms with Crippen LogP contribution in [0, 0.1) is 5.82 Å². The highest BCUT2D eigenvalue weighted by Gasteiger charge is 2.32. The molecule has 2 unspecified atom stereocenters. The fourth-order valence-corrected chi connectivity index (χ4v) is 2.04. The van der Waals surface area contributed by atoms with E-state index in [0.29, 0.717) is 12.5 Å². The second-order valence-corrected chi connectivity index (χ2v) is 4.39. The lowest BCUT2D eigenvalue weighted by Gasteiger charge is -2.18. The lowest BCUT2D eigenvalue weighted by atomic mass is 10.2.